The zero-order chi connectivity index (χ0) is 91.8. The van der Waals surface area contributed by atoms with Gasteiger partial charge < -0.3 is 146 Å². The van der Waals surface area contributed by atoms with Crippen LogP contribution >= 0.6 is 0 Å². The van der Waals surface area contributed by atoms with E-state index in [4.69, 9.17) is 56.7 Å². The number of aromatic nitrogens is 2. The molecule has 0 aliphatic carbocycles. The fourth-order valence-corrected chi connectivity index (χ4v) is 12.3. The number of urea groups is 3. The van der Waals surface area contributed by atoms with E-state index in [0.717, 1.165) is 0 Å². The van der Waals surface area contributed by atoms with E-state index in [2.05, 4.69) is 95.0 Å². The number of primary amides is 5. The van der Waals surface area contributed by atoms with E-state index in [1.165, 1.54) is 36.8 Å². The van der Waals surface area contributed by atoms with Gasteiger partial charge in [0.25, 0.3) is 0 Å². The molecule has 3 aromatic rings. The molecule has 0 aliphatic rings. The zero-order valence-electron chi connectivity index (χ0n) is 69.3. The Balaban J connectivity index is 2.14. The van der Waals surface area contributed by atoms with Crippen LogP contribution in [-0.2, 0) is 86.4 Å². The topological polar surface area (TPSA) is 808 Å². The van der Waals surface area contributed by atoms with Crippen LogP contribution in [0, 0.1) is 22.7 Å². The number of aromatic hydroxyl groups is 1. The highest BCUT2D eigenvalue weighted by atomic mass is 16.4. The average Bonchev–Trinajstić information content (AvgIpc) is 1.14. The van der Waals surface area contributed by atoms with Gasteiger partial charge >= 0.3 is 24.1 Å². The molecule has 0 saturated heterocycles. The number of carboxylic acids is 1. The number of amides is 19. The highest BCUT2D eigenvalue weighted by Crippen LogP contribution is 2.17. The largest absolute Gasteiger partial charge is 0.508 e. The van der Waals surface area contributed by atoms with Gasteiger partial charge in [-0.15, -0.1) is 0 Å². The van der Waals surface area contributed by atoms with Crippen molar-refractivity contribution in [2.75, 3.05) is 32.7 Å². The quantitative estimate of drug-likeness (QED) is 0.0142. The van der Waals surface area contributed by atoms with E-state index in [9.17, 15) is 72.5 Å². The number of nitrogens with two attached hydrogens (primary N) is 8. The lowest BCUT2D eigenvalue weighted by molar-refractivity contribution is -0.142. The molecule has 123 heavy (non-hydrogen) atoms. The predicted octanol–water partition coefficient (Wildman–Crippen LogP) is -6.62. The number of guanidine groups is 2. The van der Waals surface area contributed by atoms with Crippen LogP contribution in [0.15, 0.2) is 67.1 Å². The Labute approximate surface area is 709 Å². The molecule has 0 aliphatic heterocycles. The standard InChI is InChI=1S/C76H122N28O19/c1-5-41(4)59(104-60(108)46(77)25-27-57(78)106)70(118)103-55(35-42-14-7-6-8-15-42)68(116)101-54(36-43-21-23-45(105)24-22-43)67(115)100-53(34-40(2)3)66(114)96-48(17-10-31-90-74(84)121)61(109)94-50(19-12-33-92-76(86)123)64(112)102-56(37-44-38-87-39-93-44)69(117)97-47(16-9-29-88-72(80)81)62(110)98-51(26-28-58(79)107)65(113)95-49(18-11-32-91-75(85)122)63(111)99-52(71(119)120)20-13-30-89-73(82)83/h6-8,14-15,21-24,38-41,46-56,59,105H,5,9-13,16-20,25-37,77H2,1-4H3,(H2,78,106)(H2,79,107)(H,87,93)(H,94,109)(H,95,113)(H,96,114)(H,97,117)(H,98,110)(H,99,111)(H,100,115)(H,101,116)(H,102,112)(H,103,118)(H,104,108)(H,119,120)(H4,80,81,88)(H4,82,83,89)(H3,84,90,121)(H3,85,91,122)(H3,86,92,123)/t41-,46-,47-,48-,49-,50-,51-,52-,53-,54-,55-,56-,59-/m0/s1. The summed E-state index contributed by atoms with van der Waals surface area (Å²) in [5.74, 6) is -16.1. The van der Waals surface area contributed by atoms with Gasteiger partial charge in [0.2, 0.25) is 76.8 Å². The van der Waals surface area contributed by atoms with Crippen LogP contribution in [0.4, 0.5) is 14.4 Å². The number of nitrogens with one attached hydrogen (secondary N) is 19. The second-order valence-corrected chi connectivity index (χ2v) is 29.7. The van der Waals surface area contributed by atoms with Crippen LogP contribution in [0.2, 0.25) is 0 Å². The van der Waals surface area contributed by atoms with Crippen molar-refractivity contribution in [2.45, 2.75) is 222 Å². The van der Waals surface area contributed by atoms with E-state index in [1.54, 1.807) is 58.0 Å². The third-order valence-electron chi connectivity index (χ3n) is 19.0. The minimum absolute atomic E-state index is 0.0468. The smallest absolute Gasteiger partial charge is 0.326 e. The Kier molecular flexibility index (Phi) is 46.5. The van der Waals surface area contributed by atoms with Crippen molar-refractivity contribution in [3.8, 4) is 5.75 Å². The first kappa shape index (κ1) is 104. The van der Waals surface area contributed by atoms with Crippen molar-refractivity contribution in [3.05, 3.63) is 83.9 Å². The van der Waals surface area contributed by atoms with Gasteiger partial charge in [-0.2, -0.15) is 0 Å². The Morgan fingerprint density at radius 3 is 1.10 bits per heavy atom. The van der Waals surface area contributed by atoms with Crippen LogP contribution in [0.1, 0.15) is 147 Å². The summed E-state index contributed by atoms with van der Waals surface area (Å²) in [5.41, 5.74) is 44.9. The molecular weight excluding hydrogens is 1610 g/mol. The van der Waals surface area contributed by atoms with Crippen LogP contribution in [0.25, 0.3) is 0 Å². The average molecular weight is 1730 g/mol. The summed E-state index contributed by atoms with van der Waals surface area (Å²) >= 11 is 0. The lowest BCUT2D eigenvalue weighted by atomic mass is 9.96. The SMILES string of the molecule is CC[C@H](C)[C@H](NC(=O)[C@@H](N)CCC(N)=O)C(=O)N[C@@H](Cc1ccccc1)C(=O)N[C@@H](Cc1ccc(O)cc1)C(=O)N[C@@H](CC(C)C)C(=O)N[C@@H](CCCNC(N)=O)C(=O)N[C@@H](CCCNC(N)=O)C(=O)N[C@@H](Cc1cnc[nH]1)C(=O)N[C@@H](CCCNC(=N)N)C(=O)N[C@@H](CCC(N)=O)C(=O)N[C@@H](CCCNC(N)=O)C(=O)N[C@@H](CCCNC(=N)N)C(=O)O. The first-order valence-electron chi connectivity index (χ1n) is 40.1. The van der Waals surface area contributed by atoms with Crippen LogP contribution in [0.5, 0.6) is 5.75 Å². The van der Waals surface area contributed by atoms with E-state index < -0.39 is 216 Å². The van der Waals surface area contributed by atoms with Crippen molar-refractivity contribution < 1.29 is 91.7 Å². The van der Waals surface area contributed by atoms with E-state index in [0.29, 0.717) is 17.5 Å². The number of imidazole rings is 1. The summed E-state index contributed by atoms with van der Waals surface area (Å²) in [6, 6.07) is -7.61. The summed E-state index contributed by atoms with van der Waals surface area (Å²) in [7, 11) is 0. The van der Waals surface area contributed by atoms with Crippen molar-refractivity contribution >= 4 is 113 Å². The number of aliphatic carboxylic acids is 1. The number of carboxylic acid groups (broad SMARTS) is 1. The molecule has 2 aromatic carbocycles. The second-order valence-electron chi connectivity index (χ2n) is 29.7. The molecular formula is C76H122N28O19. The third kappa shape index (κ3) is 42.2. The Hall–Kier alpha value is -13.7. The fourth-order valence-electron chi connectivity index (χ4n) is 12.3. The highest BCUT2D eigenvalue weighted by molar-refractivity contribution is 6.00. The molecule has 19 amide bonds. The zero-order valence-corrected chi connectivity index (χ0v) is 69.3. The van der Waals surface area contributed by atoms with Crippen molar-refractivity contribution in [2.24, 2.45) is 57.7 Å². The monoisotopic (exact) mass is 1730 g/mol. The number of phenols is 1. The summed E-state index contributed by atoms with van der Waals surface area (Å²) < 4.78 is 0. The maximum Gasteiger partial charge on any atom is 0.326 e. The van der Waals surface area contributed by atoms with Crippen molar-refractivity contribution in [1.82, 2.24) is 95.0 Å². The maximum atomic E-state index is 15.1. The van der Waals surface area contributed by atoms with Crippen molar-refractivity contribution in [3.63, 3.8) is 0 Å². The molecule has 1 aromatic heterocycles. The Morgan fingerprint density at radius 2 is 0.732 bits per heavy atom. The van der Waals surface area contributed by atoms with Gasteiger partial charge in [0.1, 0.15) is 72.2 Å². The normalized spacial score (nSPS) is 14.1. The van der Waals surface area contributed by atoms with E-state index in [-0.39, 0.29) is 140 Å². The number of benzene rings is 2. The molecule has 3 rings (SSSR count). The number of phenolic OH excluding ortho intramolecular Hbond substituents is 1. The number of aromatic amines is 1. The van der Waals surface area contributed by atoms with Gasteiger partial charge in [-0.3, -0.25) is 73.1 Å². The van der Waals surface area contributed by atoms with Gasteiger partial charge in [0.05, 0.1) is 12.4 Å². The predicted molar refractivity (Wildman–Crippen MR) is 446 cm³/mol. The molecule has 0 fully saturated rings. The van der Waals surface area contributed by atoms with Gasteiger partial charge in [-0.05, 0) is 119 Å². The molecule has 37 N–H and O–H groups in total. The first-order chi connectivity index (χ1) is 58.2. The highest BCUT2D eigenvalue weighted by Gasteiger charge is 2.39. The van der Waals surface area contributed by atoms with E-state index in [1.807, 2.05) is 0 Å². The third-order valence-corrected chi connectivity index (χ3v) is 19.0. The number of rotatable bonds is 59. The molecule has 0 radical (unpaired) electrons. The molecule has 0 bridgehead atoms. The minimum Gasteiger partial charge on any atom is -0.508 e. The van der Waals surface area contributed by atoms with Crippen LogP contribution in [0.3, 0.4) is 0 Å². The summed E-state index contributed by atoms with van der Waals surface area (Å²) in [6.07, 6.45) is -1.30. The molecule has 0 unspecified atom stereocenters. The Bertz CT molecular complexity index is 4030. The molecule has 1 heterocycles. The minimum atomic E-state index is -1.76. The molecule has 47 heteroatoms. The van der Waals surface area contributed by atoms with E-state index >= 15 is 19.2 Å². The lowest BCUT2D eigenvalue weighted by Crippen LogP contribution is -2.61. The first-order valence-corrected chi connectivity index (χ1v) is 40.1. The molecule has 0 saturated carbocycles. The number of H-pyrrole nitrogens is 1. The van der Waals surface area contributed by atoms with Crippen molar-refractivity contribution in [1.29, 1.82) is 10.8 Å². The van der Waals surface area contributed by atoms with Gasteiger partial charge in [-0.25, -0.2) is 24.2 Å². The number of hydrogen-bond acceptors (Lipinski definition) is 22. The van der Waals surface area contributed by atoms with Gasteiger partial charge in [0, 0.05) is 76.7 Å². The second kappa shape index (κ2) is 55.2. The summed E-state index contributed by atoms with van der Waals surface area (Å²) in [5, 5.41) is 76.0. The molecule has 0 spiro atoms. The summed E-state index contributed by atoms with van der Waals surface area (Å²) in [4.78, 5) is 239. The molecule has 13 atom stereocenters. The maximum absolute atomic E-state index is 15.1. The number of carbonyl (C=O) groups is 17. The Morgan fingerprint density at radius 1 is 0.398 bits per heavy atom. The number of nitrogens with zero attached hydrogens (tertiary/aromatic N) is 1. The fraction of sp³-hybridized carbons (Fsp3) is 0.553. The number of hydrogen-bond donors (Lipinski definition) is 29. The van der Waals surface area contributed by atoms with Crippen LogP contribution in [-0.4, -0.2) is 238 Å². The van der Waals surface area contributed by atoms with Crippen LogP contribution < -0.4 is 131 Å². The van der Waals surface area contributed by atoms with Gasteiger partial charge in [0.15, 0.2) is 11.9 Å². The number of carbonyl (C=O) groups excluding carboxylic acids is 16. The molecule has 47 nitrogen and oxygen atoms in total. The summed E-state index contributed by atoms with van der Waals surface area (Å²) in [6.45, 7) is 6.30. The van der Waals surface area contributed by atoms with Gasteiger partial charge in [-0.1, -0.05) is 76.6 Å². The molecule has 680 valence electrons. The lowest BCUT2D eigenvalue weighted by Gasteiger charge is -2.29.